The molecule has 1 atom stereocenters. The molecular formula is C15H25N. The number of benzene rings is 1. The lowest BCUT2D eigenvalue weighted by Crippen LogP contribution is -2.30. The lowest BCUT2D eigenvalue weighted by atomic mass is 10.1. The van der Waals surface area contributed by atoms with Gasteiger partial charge >= 0.3 is 0 Å². The normalized spacial score (nSPS) is 12.7. The number of hydrogen-bond acceptors (Lipinski definition) is 1. The molecule has 0 aromatic heterocycles. The third kappa shape index (κ3) is 4.80. The molecule has 0 aliphatic heterocycles. The summed E-state index contributed by atoms with van der Waals surface area (Å²) in [6.45, 7) is 7.77. The fourth-order valence-corrected chi connectivity index (χ4v) is 2.09. The molecule has 0 saturated heterocycles. The van der Waals surface area contributed by atoms with Crippen LogP contribution in [0.25, 0.3) is 0 Å². The smallest absolute Gasteiger partial charge is 0.00644 e. The van der Waals surface area contributed by atoms with Gasteiger partial charge < -0.3 is 5.32 Å². The van der Waals surface area contributed by atoms with Gasteiger partial charge in [-0.25, -0.2) is 0 Å². The maximum Gasteiger partial charge on any atom is 0.00644 e. The van der Waals surface area contributed by atoms with Crippen LogP contribution in [0, 0.1) is 6.92 Å². The van der Waals surface area contributed by atoms with Crippen molar-refractivity contribution in [2.24, 2.45) is 0 Å². The summed E-state index contributed by atoms with van der Waals surface area (Å²) >= 11 is 0. The molecule has 0 bridgehead atoms. The van der Waals surface area contributed by atoms with Gasteiger partial charge in [-0.05, 0) is 38.3 Å². The van der Waals surface area contributed by atoms with Crippen molar-refractivity contribution in [1.82, 2.24) is 5.32 Å². The van der Waals surface area contributed by atoms with Crippen molar-refractivity contribution in [3.05, 3.63) is 35.4 Å². The van der Waals surface area contributed by atoms with E-state index in [0.29, 0.717) is 6.04 Å². The molecule has 0 heterocycles. The van der Waals surface area contributed by atoms with E-state index in [-0.39, 0.29) is 0 Å². The lowest BCUT2D eigenvalue weighted by molar-refractivity contribution is 0.466. The Kier molecular flexibility index (Phi) is 6.17. The van der Waals surface area contributed by atoms with Gasteiger partial charge in [-0.3, -0.25) is 0 Å². The van der Waals surface area contributed by atoms with Gasteiger partial charge in [0.1, 0.15) is 0 Å². The first-order chi connectivity index (χ1) is 7.76. The minimum absolute atomic E-state index is 0.704. The van der Waals surface area contributed by atoms with Gasteiger partial charge in [-0.2, -0.15) is 0 Å². The highest BCUT2D eigenvalue weighted by atomic mass is 14.9. The molecule has 0 amide bonds. The Morgan fingerprint density at radius 3 is 2.69 bits per heavy atom. The summed E-state index contributed by atoms with van der Waals surface area (Å²) < 4.78 is 0. The van der Waals surface area contributed by atoms with Crippen molar-refractivity contribution < 1.29 is 0 Å². The van der Waals surface area contributed by atoms with Crippen LogP contribution in [0.1, 0.15) is 44.2 Å². The Balaban J connectivity index is 2.29. The van der Waals surface area contributed by atoms with Crippen LogP contribution >= 0.6 is 0 Å². The zero-order chi connectivity index (χ0) is 11.8. The van der Waals surface area contributed by atoms with E-state index in [9.17, 15) is 0 Å². The summed E-state index contributed by atoms with van der Waals surface area (Å²) in [4.78, 5) is 0. The van der Waals surface area contributed by atoms with Crippen LogP contribution in [0.2, 0.25) is 0 Å². The maximum atomic E-state index is 3.64. The van der Waals surface area contributed by atoms with E-state index in [4.69, 9.17) is 0 Å². The zero-order valence-electron chi connectivity index (χ0n) is 10.9. The van der Waals surface area contributed by atoms with Crippen LogP contribution in [-0.2, 0) is 6.42 Å². The van der Waals surface area contributed by atoms with Gasteiger partial charge in [0.25, 0.3) is 0 Å². The van der Waals surface area contributed by atoms with Crippen molar-refractivity contribution in [1.29, 1.82) is 0 Å². The first kappa shape index (κ1) is 13.2. The van der Waals surface area contributed by atoms with E-state index in [1.165, 1.54) is 30.4 Å². The molecule has 90 valence electrons. The molecule has 1 nitrogen and oxygen atoms in total. The van der Waals surface area contributed by atoms with Crippen molar-refractivity contribution in [2.75, 3.05) is 6.54 Å². The van der Waals surface area contributed by atoms with Crippen LogP contribution in [0.5, 0.6) is 0 Å². The second kappa shape index (κ2) is 7.45. The molecule has 1 N–H and O–H groups in total. The van der Waals surface area contributed by atoms with Crippen LogP contribution in [0.3, 0.4) is 0 Å². The molecule has 0 spiro atoms. The van der Waals surface area contributed by atoms with Gasteiger partial charge in [0.05, 0.1) is 0 Å². The number of nitrogens with one attached hydrogen (secondary N) is 1. The molecule has 0 aliphatic rings. The van der Waals surface area contributed by atoms with Gasteiger partial charge in [-0.15, -0.1) is 0 Å². The second-order valence-corrected chi connectivity index (χ2v) is 4.59. The Morgan fingerprint density at radius 2 is 2.06 bits per heavy atom. The monoisotopic (exact) mass is 219 g/mol. The van der Waals surface area contributed by atoms with Crippen LogP contribution in [0.4, 0.5) is 0 Å². The predicted molar refractivity (Wildman–Crippen MR) is 71.9 cm³/mol. The minimum atomic E-state index is 0.704. The summed E-state index contributed by atoms with van der Waals surface area (Å²) in [5, 5.41) is 3.64. The highest BCUT2D eigenvalue weighted by Gasteiger charge is 2.03. The van der Waals surface area contributed by atoms with E-state index in [1.54, 1.807) is 0 Å². The Labute approximate surface area is 100 Å². The van der Waals surface area contributed by atoms with E-state index < -0.39 is 0 Å². The summed E-state index contributed by atoms with van der Waals surface area (Å²) in [6, 6.07) is 9.50. The van der Waals surface area contributed by atoms with E-state index in [0.717, 1.165) is 13.0 Å². The standard InChI is InChI=1S/C15H25N/c1-4-7-15(5-2)16-11-10-14-9-6-8-13(3)12-14/h6,8-9,12,15-16H,4-5,7,10-11H2,1-3H3. The summed E-state index contributed by atoms with van der Waals surface area (Å²) in [5.41, 5.74) is 2.80. The molecule has 0 fully saturated rings. The first-order valence-electron chi connectivity index (χ1n) is 6.55. The van der Waals surface area contributed by atoms with Crippen LogP contribution in [0.15, 0.2) is 24.3 Å². The van der Waals surface area contributed by atoms with Crippen molar-refractivity contribution in [2.45, 2.75) is 52.5 Å². The molecule has 1 aromatic carbocycles. The quantitative estimate of drug-likeness (QED) is 0.737. The molecule has 1 unspecified atom stereocenters. The number of rotatable bonds is 7. The maximum absolute atomic E-state index is 3.64. The average molecular weight is 219 g/mol. The molecule has 1 aromatic rings. The fourth-order valence-electron chi connectivity index (χ4n) is 2.09. The molecule has 0 aliphatic carbocycles. The topological polar surface area (TPSA) is 12.0 Å². The van der Waals surface area contributed by atoms with Crippen molar-refractivity contribution in [3.8, 4) is 0 Å². The van der Waals surface area contributed by atoms with E-state index in [1.807, 2.05) is 0 Å². The molecule has 0 saturated carbocycles. The SMILES string of the molecule is CCCC(CC)NCCc1cccc(C)c1. The molecule has 1 heteroatoms. The summed E-state index contributed by atoms with van der Waals surface area (Å²) in [6.07, 6.45) is 4.95. The number of hydrogen-bond donors (Lipinski definition) is 1. The molecule has 0 radical (unpaired) electrons. The van der Waals surface area contributed by atoms with Crippen LogP contribution in [-0.4, -0.2) is 12.6 Å². The highest BCUT2D eigenvalue weighted by Crippen LogP contribution is 2.05. The van der Waals surface area contributed by atoms with Crippen molar-refractivity contribution >= 4 is 0 Å². The summed E-state index contributed by atoms with van der Waals surface area (Å²) in [5.74, 6) is 0. The highest BCUT2D eigenvalue weighted by molar-refractivity contribution is 5.22. The number of aryl methyl sites for hydroxylation is 1. The second-order valence-electron chi connectivity index (χ2n) is 4.59. The Bertz CT molecular complexity index is 293. The largest absolute Gasteiger partial charge is 0.314 e. The van der Waals surface area contributed by atoms with Gasteiger partial charge in [-0.1, -0.05) is 50.1 Å². The third-order valence-electron chi connectivity index (χ3n) is 3.06. The van der Waals surface area contributed by atoms with E-state index >= 15 is 0 Å². The Morgan fingerprint density at radius 1 is 1.25 bits per heavy atom. The molecule has 1 rings (SSSR count). The minimum Gasteiger partial charge on any atom is -0.314 e. The van der Waals surface area contributed by atoms with E-state index in [2.05, 4.69) is 50.4 Å². The third-order valence-corrected chi connectivity index (χ3v) is 3.06. The molecule has 16 heavy (non-hydrogen) atoms. The predicted octanol–water partition coefficient (Wildman–Crippen LogP) is 3.71. The van der Waals surface area contributed by atoms with Gasteiger partial charge in [0.2, 0.25) is 0 Å². The Hall–Kier alpha value is -0.820. The fraction of sp³-hybridized carbons (Fsp3) is 0.600. The van der Waals surface area contributed by atoms with Gasteiger partial charge in [0, 0.05) is 6.04 Å². The van der Waals surface area contributed by atoms with Gasteiger partial charge in [0.15, 0.2) is 0 Å². The van der Waals surface area contributed by atoms with Crippen LogP contribution < -0.4 is 5.32 Å². The zero-order valence-corrected chi connectivity index (χ0v) is 10.9. The molecular weight excluding hydrogens is 194 g/mol. The average Bonchev–Trinajstić information content (AvgIpc) is 2.28. The lowest BCUT2D eigenvalue weighted by Gasteiger charge is -2.15. The first-order valence-corrected chi connectivity index (χ1v) is 6.55. The van der Waals surface area contributed by atoms with Crippen molar-refractivity contribution in [3.63, 3.8) is 0 Å². The summed E-state index contributed by atoms with van der Waals surface area (Å²) in [7, 11) is 0.